The van der Waals surface area contributed by atoms with Crippen LogP contribution in [-0.4, -0.2) is 0 Å². The highest BCUT2D eigenvalue weighted by molar-refractivity contribution is 4.56. The summed E-state index contributed by atoms with van der Waals surface area (Å²) in [6.07, 6.45) is 5.30. The van der Waals surface area contributed by atoms with Gasteiger partial charge in [0.1, 0.15) is 0 Å². The van der Waals surface area contributed by atoms with Crippen LogP contribution in [0.15, 0.2) is 0 Å². The smallest absolute Gasteiger partial charge is 0.0420 e. The quantitative estimate of drug-likeness (QED) is 0.514. The highest BCUT2D eigenvalue weighted by atomic mass is 14.1. The van der Waals surface area contributed by atoms with Crippen LogP contribution in [0.1, 0.15) is 82.1 Å². The molecule has 0 N–H and O–H groups in total. The summed E-state index contributed by atoms with van der Waals surface area (Å²) in [4.78, 5) is 0. The Morgan fingerprint density at radius 3 is 0.929 bits per heavy atom. The Bertz CT molecular complexity index is 56.4. The van der Waals surface area contributed by atoms with Crippen molar-refractivity contribution < 1.29 is 0 Å². The minimum absolute atomic E-state index is 0. The fourth-order valence-corrected chi connectivity index (χ4v) is 0.805. The lowest BCUT2D eigenvalue weighted by molar-refractivity contribution is 0.367. The molecule has 0 amide bonds. The zero-order valence-electron chi connectivity index (χ0n) is 9.98. The molecule has 0 bridgehead atoms. The minimum Gasteiger partial charge on any atom is -0.0776 e. The molecular weight excluding hydrogens is 168 g/mol. The molecular formula is C14H36. The van der Waals surface area contributed by atoms with Gasteiger partial charge in [0.15, 0.2) is 0 Å². The van der Waals surface area contributed by atoms with E-state index in [0.29, 0.717) is 0 Å². The van der Waals surface area contributed by atoms with Gasteiger partial charge in [-0.3, -0.25) is 0 Å². The van der Waals surface area contributed by atoms with Crippen molar-refractivity contribution in [3.05, 3.63) is 0 Å². The van der Waals surface area contributed by atoms with Gasteiger partial charge in [-0.05, 0) is 11.8 Å². The summed E-state index contributed by atoms with van der Waals surface area (Å²) in [5.74, 6) is 1.83. The van der Waals surface area contributed by atoms with Crippen molar-refractivity contribution in [3.8, 4) is 0 Å². The van der Waals surface area contributed by atoms with E-state index in [-0.39, 0.29) is 14.9 Å². The molecule has 0 spiro atoms. The Balaban J connectivity index is -0.0000000733. The van der Waals surface area contributed by atoms with Crippen molar-refractivity contribution in [2.45, 2.75) is 82.1 Å². The molecule has 0 fully saturated rings. The third-order valence-electron chi connectivity index (χ3n) is 2.76. The molecule has 0 aliphatic rings. The van der Waals surface area contributed by atoms with Gasteiger partial charge in [-0.1, -0.05) is 82.1 Å². The third-order valence-corrected chi connectivity index (χ3v) is 2.76. The molecule has 2 unspecified atom stereocenters. The number of unbranched alkanes of at least 4 members (excludes halogenated alkanes) is 1. The van der Waals surface area contributed by atoms with E-state index in [2.05, 4.69) is 41.5 Å². The van der Waals surface area contributed by atoms with Crippen LogP contribution >= 0.6 is 0 Å². The van der Waals surface area contributed by atoms with Crippen LogP contribution in [0.2, 0.25) is 0 Å². The predicted octanol–water partition coefficient (Wildman–Crippen LogP) is 6.16. The monoisotopic (exact) mass is 204 g/mol. The molecule has 0 aromatic heterocycles. The summed E-state index contributed by atoms with van der Waals surface area (Å²) in [6.45, 7) is 13.5. The molecule has 0 saturated carbocycles. The Morgan fingerprint density at radius 2 is 0.857 bits per heavy atom. The van der Waals surface area contributed by atoms with E-state index >= 15 is 0 Å². The summed E-state index contributed by atoms with van der Waals surface area (Å²) >= 11 is 0. The largest absolute Gasteiger partial charge is 0.0776 e. The standard InChI is InChI=1S/C8H18.C4H10.2CH4/c1-5-7(3)8(4)6-2;1-3-4-2;;/h7-8H,5-6H2,1-4H3;3-4H2,1-2H3;2*1H4. The minimum atomic E-state index is 0. The lowest BCUT2D eigenvalue weighted by Gasteiger charge is -2.14. The van der Waals surface area contributed by atoms with Crippen LogP contribution in [0.4, 0.5) is 0 Å². The van der Waals surface area contributed by atoms with Gasteiger partial charge >= 0.3 is 0 Å². The molecule has 92 valence electrons. The van der Waals surface area contributed by atoms with Crippen LogP contribution in [0.25, 0.3) is 0 Å². The second-order valence-corrected chi connectivity index (χ2v) is 3.77. The fraction of sp³-hybridized carbons (Fsp3) is 1.00. The normalized spacial score (nSPS) is 12.4. The van der Waals surface area contributed by atoms with Crippen LogP contribution in [-0.2, 0) is 0 Å². The average molecular weight is 204 g/mol. The first-order chi connectivity index (χ1) is 5.63. The van der Waals surface area contributed by atoms with Crippen molar-refractivity contribution in [2.75, 3.05) is 0 Å². The van der Waals surface area contributed by atoms with E-state index in [1.54, 1.807) is 0 Å². The molecule has 0 saturated heterocycles. The lowest BCUT2D eigenvalue weighted by Crippen LogP contribution is -2.04. The molecule has 0 aromatic rings. The van der Waals surface area contributed by atoms with Crippen LogP contribution in [0.5, 0.6) is 0 Å². The van der Waals surface area contributed by atoms with Gasteiger partial charge in [0.05, 0.1) is 0 Å². The Hall–Kier alpha value is 0. The number of rotatable bonds is 4. The number of hydrogen-bond donors (Lipinski definition) is 0. The summed E-state index contributed by atoms with van der Waals surface area (Å²) in [5.41, 5.74) is 0. The fourth-order valence-electron chi connectivity index (χ4n) is 0.805. The second kappa shape index (κ2) is 18.7. The van der Waals surface area contributed by atoms with Gasteiger partial charge in [-0.15, -0.1) is 0 Å². The molecule has 0 heterocycles. The SMILES string of the molecule is C.C.CCC(C)C(C)CC.CCCC. The first-order valence-corrected chi connectivity index (χ1v) is 5.63. The number of hydrogen-bond acceptors (Lipinski definition) is 0. The van der Waals surface area contributed by atoms with E-state index < -0.39 is 0 Å². The lowest BCUT2D eigenvalue weighted by atomic mass is 9.92. The molecule has 0 heteroatoms. The zero-order valence-corrected chi connectivity index (χ0v) is 9.98. The molecule has 0 rings (SSSR count). The third kappa shape index (κ3) is 17.9. The average Bonchev–Trinajstić information content (AvgIpc) is 2.15. The topological polar surface area (TPSA) is 0 Å². The first-order valence-electron chi connectivity index (χ1n) is 5.63. The van der Waals surface area contributed by atoms with Gasteiger partial charge in [-0.25, -0.2) is 0 Å². The molecule has 0 radical (unpaired) electrons. The van der Waals surface area contributed by atoms with Gasteiger partial charge in [0, 0.05) is 0 Å². The van der Waals surface area contributed by atoms with Crippen molar-refractivity contribution in [1.29, 1.82) is 0 Å². The highest BCUT2D eigenvalue weighted by Crippen LogP contribution is 2.16. The van der Waals surface area contributed by atoms with Gasteiger partial charge in [-0.2, -0.15) is 0 Å². The van der Waals surface area contributed by atoms with E-state index in [1.807, 2.05) is 0 Å². The summed E-state index contributed by atoms with van der Waals surface area (Å²) < 4.78 is 0. The van der Waals surface area contributed by atoms with Gasteiger partial charge < -0.3 is 0 Å². The van der Waals surface area contributed by atoms with E-state index in [9.17, 15) is 0 Å². The van der Waals surface area contributed by atoms with Crippen LogP contribution in [0.3, 0.4) is 0 Å². The summed E-state index contributed by atoms with van der Waals surface area (Å²) in [7, 11) is 0. The second-order valence-electron chi connectivity index (χ2n) is 3.77. The van der Waals surface area contributed by atoms with E-state index in [4.69, 9.17) is 0 Å². The molecule has 2 atom stereocenters. The zero-order chi connectivity index (χ0) is 9.98. The van der Waals surface area contributed by atoms with Crippen LogP contribution in [0, 0.1) is 11.8 Å². The van der Waals surface area contributed by atoms with Crippen molar-refractivity contribution >= 4 is 0 Å². The predicted molar refractivity (Wildman–Crippen MR) is 73.0 cm³/mol. The summed E-state index contributed by atoms with van der Waals surface area (Å²) in [6, 6.07) is 0. The molecule has 0 aliphatic heterocycles. The molecule has 0 aliphatic carbocycles. The van der Waals surface area contributed by atoms with Crippen molar-refractivity contribution in [2.24, 2.45) is 11.8 Å². The van der Waals surface area contributed by atoms with Crippen LogP contribution < -0.4 is 0 Å². The van der Waals surface area contributed by atoms with E-state index in [0.717, 1.165) is 11.8 Å². The van der Waals surface area contributed by atoms with Gasteiger partial charge in [0.25, 0.3) is 0 Å². The molecule has 0 nitrogen and oxygen atoms in total. The maximum atomic E-state index is 2.33. The molecule has 14 heavy (non-hydrogen) atoms. The molecule has 0 aromatic carbocycles. The maximum Gasteiger partial charge on any atom is -0.0420 e. The van der Waals surface area contributed by atoms with Crippen molar-refractivity contribution in [1.82, 2.24) is 0 Å². The Morgan fingerprint density at radius 1 is 0.643 bits per heavy atom. The Labute approximate surface area is 94.5 Å². The van der Waals surface area contributed by atoms with Gasteiger partial charge in [0.2, 0.25) is 0 Å². The summed E-state index contributed by atoms with van der Waals surface area (Å²) in [5, 5.41) is 0. The Kier molecular flexibility index (Phi) is 31.6. The van der Waals surface area contributed by atoms with Crippen molar-refractivity contribution in [3.63, 3.8) is 0 Å². The first kappa shape index (κ1) is 23.7. The highest BCUT2D eigenvalue weighted by Gasteiger charge is 2.05. The maximum absolute atomic E-state index is 2.33. The van der Waals surface area contributed by atoms with E-state index in [1.165, 1.54) is 25.7 Å².